The summed E-state index contributed by atoms with van der Waals surface area (Å²) in [7, 11) is 0. The number of nitrogen functional groups attached to an aromatic ring is 1. The highest BCUT2D eigenvalue weighted by Crippen LogP contribution is 2.29. The maximum Gasteiger partial charge on any atom is 0.287 e. The molecular weight excluding hydrogens is 309 g/mol. The van der Waals surface area contributed by atoms with Crippen LogP contribution in [0, 0.1) is 11.7 Å². The van der Waals surface area contributed by atoms with Crippen LogP contribution in [-0.4, -0.2) is 36.5 Å². The minimum atomic E-state index is -0.531. The first kappa shape index (κ1) is 15.2. The molecule has 0 radical (unpaired) electrons. The molecule has 1 aromatic carbocycles. The molecule has 0 unspecified atom stereocenters. The summed E-state index contributed by atoms with van der Waals surface area (Å²) in [5.74, 6) is 0.266. The first-order valence-corrected chi connectivity index (χ1v) is 8.29. The number of nitrogens with two attached hydrogens (primary N) is 1. The Kier molecular flexibility index (Phi) is 3.76. The van der Waals surface area contributed by atoms with Crippen molar-refractivity contribution in [3.05, 3.63) is 41.9 Å². The lowest BCUT2D eigenvalue weighted by atomic mass is 9.84. The highest BCUT2D eigenvalue weighted by Gasteiger charge is 2.35. The van der Waals surface area contributed by atoms with Crippen LogP contribution in [0.5, 0.6) is 0 Å². The fourth-order valence-corrected chi connectivity index (χ4v) is 3.71. The van der Waals surface area contributed by atoms with Crippen molar-refractivity contribution < 1.29 is 13.6 Å². The van der Waals surface area contributed by atoms with Gasteiger partial charge in [0.2, 0.25) is 0 Å². The van der Waals surface area contributed by atoms with E-state index in [1.165, 1.54) is 6.07 Å². The average Bonchev–Trinajstić information content (AvgIpc) is 3.08. The number of amides is 1. The number of rotatable bonds is 3. The van der Waals surface area contributed by atoms with Crippen LogP contribution in [0.15, 0.2) is 34.7 Å². The Bertz CT molecular complexity index is 765. The second-order valence-corrected chi connectivity index (χ2v) is 6.59. The number of nitrogens with one attached hydrogen (secondary N) is 1. The number of nitrogens with zero attached hydrogens (tertiary/aromatic N) is 1. The number of anilines is 1. The number of carbonyl (C=O) groups is 1. The number of fused-ring (bicyclic) bond motifs is 3. The van der Waals surface area contributed by atoms with Crippen LogP contribution in [0.2, 0.25) is 0 Å². The molecule has 3 aliphatic rings. The number of piperidine rings is 3. The molecule has 3 fully saturated rings. The molecule has 3 aliphatic heterocycles. The fraction of sp³-hybridized carbons (Fsp3) is 0.389. The van der Waals surface area contributed by atoms with Gasteiger partial charge in [-0.2, -0.15) is 0 Å². The molecule has 3 N–H and O–H groups in total. The zero-order valence-electron chi connectivity index (χ0n) is 13.3. The minimum absolute atomic E-state index is 0.0576. The molecule has 0 spiro atoms. The van der Waals surface area contributed by atoms with Crippen LogP contribution in [0.25, 0.3) is 11.3 Å². The Morgan fingerprint density at radius 1 is 1.25 bits per heavy atom. The number of halogens is 1. The molecule has 4 heterocycles. The van der Waals surface area contributed by atoms with Gasteiger partial charge in [0, 0.05) is 12.6 Å². The summed E-state index contributed by atoms with van der Waals surface area (Å²) in [6.45, 7) is 3.14. The van der Waals surface area contributed by atoms with Crippen LogP contribution < -0.4 is 11.1 Å². The number of hydrogen-bond acceptors (Lipinski definition) is 4. The highest BCUT2D eigenvalue weighted by atomic mass is 19.1. The standard InChI is InChI=1S/C18H20FN3O2/c19-17-12(2-1-3-13(17)20)15-4-5-16(24-15)18(23)21-14-10-22-8-6-11(14)7-9-22/h1-5,11,14H,6-10,20H2,(H,21,23)/t14-/m0/s1. The second-order valence-electron chi connectivity index (χ2n) is 6.59. The van der Waals surface area contributed by atoms with Crippen LogP contribution in [0.4, 0.5) is 10.1 Å². The van der Waals surface area contributed by atoms with Gasteiger partial charge in [-0.25, -0.2) is 4.39 Å². The van der Waals surface area contributed by atoms with E-state index in [-0.39, 0.29) is 29.0 Å². The number of hydrogen-bond donors (Lipinski definition) is 2. The van der Waals surface area contributed by atoms with E-state index in [9.17, 15) is 9.18 Å². The number of carbonyl (C=O) groups excluding carboxylic acids is 1. The van der Waals surface area contributed by atoms with E-state index in [4.69, 9.17) is 10.2 Å². The first-order valence-electron chi connectivity index (χ1n) is 8.29. The molecular formula is C18H20FN3O2. The molecule has 0 aliphatic carbocycles. The Hall–Kier alpha value is -2.34. The minimum Gasteiger partial charge on any atom is -0.451 e. The van der Waals surface area contributed by atoms with Crippen LogP contribution >= 0.6 is 0 Å². The highest BCUT2D eigenvalue weighted by molar-refractivity contribution is 5.92. The maximum absolute atomic E-state index is 14.1. The van der Waals surface area contributed by atoms with Gasteiger partial charge in [-0.05, 0) is 56.1 Å². The summed E-state index contributed by atoms with van der Waals surface area (Å²) in [5, 5.41) is 3.06. The van der Waals surface area contributed by atoms with Crippen molar-refractivity contribution in [2.45, 2.75) is 18.9 Å². The SMILES string of the molecule is Nc1cccc(-c2ccc(C(=O)N[C@H]3CN4CCC3CC4)o2)c1F. The number of benzene rings is 1. The van der Waals surface area contributed by atoms with E-state index in [0.29, 0.717) is 11.7 Å². The monoisotopic (exact) mass is 329 g/mol. The summed E-state index contributed by atoms with van der Waals surface area (Å²) in [6.07, 6.45) is 2.26. The third-order valence-corrected chi connectivity index (χ3v) is 5.10. The Labute approximate surface area is 139 Å². The summed E-state index contributed by atoms with van der Waals surface area (Å²) < 4.78 is 19.6. The summed E-state index contributed by atoms with van der Waals surface area (Å²) in [6, 6.07) is 8.07. The Morgan fingerprint density at radius 2 is 2.04 bits per heavy atom. The third kappa shape index (κ3) is 2.67. The summed E-state index contributed by atoms with van der Waals surface area (Å²) in [4.78, 5) is 14.8. The molecule has 24 heavy (non-hydrogen) atoms. The zero-order chi connectivity index (χ0) is 16.7. The lowest BCUT2D eigenvalue weighted by Gasteiger charge is -2.44. The van der Waals surface area contributed by atoms with Crippen molar-refractivity contribution in [3.63, 3.8) is 0 Å². The van der Waals surface area contributed by atoms with E-state index in [1.54, 1.807) is 24.3 Å². The van der Waals surface area contributed by atoms with Crippen molar-refractivity contribution in [1.82, 2.24) is 10.2 Å². The van der Waals surface area contributed by atoms with Gasteiger partial charge in [0.15, 0.2) is 11.6 Å². The predicted molar refractivity (Wildman–Crippen MR) is 88.9 cm³/mol. The second kappa shape index (κ2) is 5.94. The van der Waals surface area contributed by atoms with Crippen molar-refractivity contribution in [3.8, 4) is 11.3 Å². The zero-order valence-corrected chi connectivity index (χ0v) is 13.3. The van der Waals surface area contributed by atoms with Crippen LogP contribution in [0.1, 0.15) is 23.4 Å². The molecule has 5 rings (SSSR count). The molecule has 0 saturated carbocycles. The molecule has 1 aromatic heterocycles. The van der Waals surface area contributed by atoms with Gasteiger partial charge >= 0.3 is 0 Å². The van der Waals surface area contributed by atoms with E-state index in [1.807, 2.05) is 0 Å². The van der Waals surface area contributed by atoms with Gasteiger partial charge in [-0.3, -0.25) is 4.79 Å². The molecule has 1 atom stereocenters. The van der Waals surface area contributed by atoms with E-state index in [0.717, 1.165) is 32.5 Å². The van der Waals surface area contributed by atoms with Crippen LogP contribution in [0.3, 0.4) is 0 Å². The third-order valence-electron chi connectivity index (χ3n) is 5.10. The Morgan fingerprint density at radius 3 is 2.75 bits per heavy atom. The van der Waals surface area contributed by atoms with E-state index < -0.39 is 5.82 Å². The maximum atomic E-state index is 14.1. The van der Waals surface area contributed by atoms with Gasteiger partial charge in [0.25, 0.3) is 5.91 Å². The molecule has 126 valence electrons. The van der Waals surface area contributed by atoms with Gasteiger partial charge in [-0.15, -0.1) is 0 Å². The summed E-state index contributed by atoms with van der Waals surface area (Å²) in [5.41, 5.74) is 5.90. The van der Waals surface area contributed by atoms with Gasteiger partial charge in [0.05, 0.1) is 11.3 Å². The lowest BCUT2D eigenvalue weighted by molar-refractivity contribution is 0.0606. The average molecular weight is 329 g/mol. The molecule has 2 bridgehead atoms. The normalized spacial score (nSPS) is 25.6. The number of furan rings is 1. The first-order chi connectivity index (χ1) is 11.6. The van der Waals surface area contributed by atoms with Gasteiger partial charge < -0.3 is 20.4 Å². The van der Waals surface area contributed by atoms with Gasteiger partial charge in [-0.1, -0.05) is 6.07 Å². The fourth-order valence-electron chi connectivity index (χ4n) is 3.71. The van der Waals surface area contributed by atoms with Crippen LogP contribution in [-0.2, 0) is 0 Å². The predicted octanol–water partition coefficient (Wildman–Crippen LogP) is 2.49. The van der Waals surface area contributed by atoms with Gasteiger partial charge in [0.1, 0.15) is 5.76 Å². The van der Waals surface area contributed by atoms with Crippen molar-refractivity contribution in [1.29, 1.82) is 0 Å². The Balaban J connectivity index is 1.50. The van der Waals surface area contributed by atoms with Crippen molar-refractivity contribution in [2.24, 2.45) is 5.92 Å². The van der Waals surface area contributed by atoms with Crippen molar-refractivity contribution >= 4 is 11.6 Å². The molecule has 3 saturated heterocycles. The smallest absolute Gasteiger partial charge is 0.287 e. The van der Waals surface area contributed by atoms with E-state index >= 15 is 0 Å². The summed E-state index contributed by atoms with van der Waals surface area (Å²) >= 11 is 0. The van der Waals surface area contributed by atoms with E-state index in [2.05, 4.69) is 10.2 Å². The quantitative estimate of drug-likeness (QED) is 0.849. The molecule has 5 nitrogen and oxygen atoms in total. The molecule has 2 aromatic rings. The largest absolute Gasteiger partial charge is 0.451 e. The lowest BCUT2D eigenvalue weighted by Crippen LogP contribution is -2.57. The van der Waals surface area contributed by atoms with Crippen molar-refractivity contribution in [2.75, 3.05) is 25.4 Å². The molecule has 1 amide bonds. The molecule has 6 heteroatoms. The topological polar surface area (TPSA) is 71.5 Å².